The van der Waals surface area contributed by atoms with Crippen LogP contribution in [0.15, 0.2) is 66.0 Å². The van der Waals surface area contributed by atoms with Gasteiger partial charge in [-0.3, -0.25) is 14.4 Å². The van der Waals surface area contributed by atoms with E-state index < -0.39 is 0 Å². The first kappa shape index (κ1) is 23.8. The second-order valence-corrected chi connectivity index (χ2v) is 9.05. The summed E-state index contributed by atoms with van der Waals surface area (Å²) in [6.45, 7) is 6.18. The van der Waals surface area contributed by atoms with Gasteiger partial charge in [-0.25, -0.2) is 14.6 Å². The van der Waals surface area contributed by atoms with Crippen LogP contribution in [0.25, 0.3) is 22.6 Å². The Bertz CT molecular complexity index is 1360. The molecule has 1 fully saturated rings. The molecule has 0 amide bonds. The first-order valence-electron chi connectivity index (χ1n) is 12.1. The van der Waals surface area contributed by atoms with Crippen molar-refractivity contribution >= 4 is 0 Å². The molecule has 0 spiro atoms. The molecule has 0 radical (unpaired) electrons. The maximum Gasteiger partial charge on any atom is 0.267 e. The highest BCUT2D eigenvalue weighted by Gasteiger charge is 2.13. The summed E-state index contributed by atoms with van der Waals surface area (Å²) in [5, 5.41) is 8.71. The van der Waals surface area contributed by atoms with Gasteiger partial charge in [-0.2, -0.15) is 10.2 Å². The molecule has 1 aliphatic rings. The van der Waals surface area contributed by atoms with Crippen LogP contribution >= 0.6 is 0 Å². The van der Waals surface area contributed by atoms with Crippen molar-refractivity contribution in [3.63, 3.8) is 0 Å². The number of likely N-dealkylation sites (N-methyl/N-ethyl adjacent to an activating group) is 1. The minimum absolute atomic E-state index is 0.164. The van der Waals surface area contributed by atoms with Crippen LogP contribution in [0.3, 0.4) is 0 Å². The van der Waals surface area contributed by atoms with Crippen molar-refractivity contribution in [2.45, 2.75) is 6.54 Å². The molecule has 36 heavy (non-hydrogen) atoms. The number of aryl methyl sites for hydroxylation is 1. The Morgan fingerprint density at radius 1 is 0.944 bits per heavy atom. The molecule has 1 saturated heterocycles. The monoisotopic (exact) mass is 486 g/mol. The summed E-state index contributed by atoms with van der Waals surface area (Å²) in [6.07, 6.45) is 7.02. The Labute approximate surface area is 209 Å². The van der Waals surface area contributed by atoms with Crippen molar-refractivity contribution in [2.24, 2.45) is 7.05 Å². The van der Waals surface area contributed by atoms with Gasteiger partial charge in [-0.1, -0.05) is 18.2 Å². The number of piperazine rings is 1. The summed E-state index contributed by atoms with van der Waals surface area (Å²) in [7, 11) is 4.00. The van der Waals surface area contributed by atoms with E-state index in [4.69, 9.17) is 4.74 Å². The minimum Gasteiger partial charge on any atom is -0.489 e. The predicted octanol–water partition coefficient (Wildman–Crippen LogP) is 1.78. The predicted molar refractivity (Wildman–Crippen MR) is 137 cm³/mol. The van der Waals surface area contributed by atoms with Gasteiger partial charge in [0.25, 0.3) is 5.56 Å². The number of ether oxygens (including phenoxy) is 1. The van der Waals surface area contributed by atoms with Crippen LogP contribution in [0.2, 0.25) is 0 Å². The third kappa shape index (κ3) is 5.84. The van der Waals surface area contributed by atoms with Crippen molar-refractivity contribution in [1.82, 2.24) is 39.3 Å². The SMILES string of the molecule is CN1CCN(CCOc2cnc(-c3cccc(Cn4nc(-c5cnn(C)c5)ccc4=O)c3)nc2)CC1. The van der Waals surface area contributed by atoms with E-state index in [1.165, 1.54) is 10.7 Å². The van der Waals surface area contributed by atoms with Crippen molar-refractivity contribution in [1.29, 1.82) is 0 Å². The van der Waals surface area contributed by atoms with Gasteiger partial charge in [0.15, 0.2) is 11.6 Å². The van der Waals surface area contributed by atoms with E-state index in [1.54, 1.807) is 29.3 Å². The molecule has 0 bridgehead atoms. The standard InChI is InChI=1S/C26H30N8O2/c1-31-8-10-33(11-9-31)12-13-36-23-16-27-26(28-17-23)21-5-3-4-20(14-21)18-34-25(35)7-6-24(30-34)22-15-29-32(2)19-22/h3-7,14-17,19H,8-13,18H2,1-2H3. The number of hydrogen-bond acceptors (Lipinski definition) is 8. The molecule has 0 N–H and O–H groups in total. The first-order valence-corrected chi connectivity index (χ1v) is 12.1. The molecular formula is C26H30N8O2. The van der Waals surface area contributed by atoms with Gasteiger partial charge in [0.1, 0.15) is 6.61 Å². The quantitative estimate of drug-likeness (QED) is 0.372. The molecule has 186 valence electrons. The van der Waals surface area contributed by atoms with E-state index in [0.717, 1.165) is 49.4 Å². The van der Waals surface area contributed by atoms with Gasteiger partial charge in [0.05, 0.1) is 30.8 Å². The molecular weight excluding hydrogens is 456 g/mol. The van der Waals surface area contributed by atoms with Crippen LogP contribution in [-0.2, 0) is 13.6 Å². The van der Waals surface area contributed by atoms with Crippen molar-refractivity contribution < 1.29 is 4.74 Å². The average molecular weight is 487 g/mol. The van der Waals surface area contributed by atoms with Crippen LogP contribution in [0, 0.1) is 0 Å². The van der Waals surface area contributed by atoms with Gasteiger partial charge in [0, 0.05) is 63.2 Å². The fraction of sp³-hybridized carbons (Fsp3) is 0.346. The van der Waals surface area contributed by atoms with Gasteiger partial charge in [-0.15, -0.1) is 0 Å². The molecule has 1 aromatic carbocycles. The molecule has 5 rings (SSSR count). The van der Waals surface area contributed by atoms with Crippen LogP contribution in [0.4, 0.5) is 0 Å². The van der Waals surface area contributed by atoms with Gasteiger partial charge < -0.3 is 9.64 Å². The lowest BCUT2D eigenvalue weighted by Gasteiger charge is -2.32. The van der Waals surface area contributed by atoms with E-state index in [2.05, 4.69) is 37.0 Å². The largest absolute Gasteiger partial charge is 0.489 e. The number of hydrogen-bond donors (Lipinski definition) is 0. The highest BCUT2D eigenvalue weighted by Crippen LogP contribution is 2.19. The molecule has 10 nitrogen and oxygen atoms in total. The normalized spacial score (nSPS) is 14.7. The fourth-order valence-corrected chi connectivity index (χ4v) is 4.16. The zero-order chi connectivity index (χ0) is 24.9. The lowest BCUT2D eigenvalue weighted by molar-refractivity contribution is 0.133. The van der Waals surface area contributed by atoms with Crippen LogP contribution in [0.1, 0.15) is 5.56 Å². The molecule has 1 aliphatic heterocycles. The van der Waals surface area contributed by atoms with E-state index in [-0.39, 0.29) is 5.56 Å². The summed E-state index contributed by atoms with van der Waals surface area (Å²) in [6, 6.07) is 11.1. The van der Waals surface area contributed by atoms with Crippen LogP contribution in [-0.4, -0.2) is 85.7 Å². The van der Waals surface area contributed by atoms with Gasteiger partial charge in [-0.05, 0) is 24.7 Å². The summed E-state index contributed by atoms with van der Waals surface area (Å²) < 4.78 is 9.03. The van der Waals surface area contributed by atoms with E-state index in [9.17, 15) is 4.79 Å². The first-order chi connectivity index (χ1) is 17.5. The average Bonchev–Trinajstić information content (AvgIpc) is 3.33. The second-order valence-electron chi connectivity index (χ2n) is 9.05. The van der Waals surface area contributed by atoms with E-state index >= 15 is 0 Å². The maximum absolute atomic E-state index is 12.4. The maximum atomic E-state index is 12.4. The summed E-state index contributed by atoms with van der Waals surface area (Å²) in [4.78, 5) is 26.2. The summed E-state index contributed by atoms with van der Waals surface area (Å²) in [5.74, 6) is 1.26. The minimum atomic E-state index is -0.164. The van der Waals surface area contributed by atoms with Crippen molar-refractivity contribution in [2.75, 3.05) is 46.4 Å². The molecule has 10 heteroatoms. The van der Waals surface area contributed by atoms with Crippen LogP contribution in [0.5, 0.6) is 5.75 Å². The third-order valence-corrected chi connectivity index (χ3v) is 6.29. The smallest absolute Gasteiger partial charge is 0.267 e. The molecule has 0 aliphatic carbocycles. The van der Waals surface area contributed by atoms with E-state index in [0.29, 0.717) is 30.4 Å². The lowest BCUT2D eigenvalue weighted by atomic mass is 10.1. The zero-order valence-electron chi connectivity index (χ0n) is 20.6. The van der Waals surface area contributed by atoms with E-state index in [1.807, 2.05) is 37.5 Å². The summed E-state index contributed by atoms with van der Waals surface area (Å²) in [5.41, 5.74) is 3.20. The number of aromatic nitrogens is 6. The number of benzene rings is 1. The fourth-order valence-electron chi connectivity index (χ4n) is 4.16. The van der Waals surface area contributed by atoms with Gasteiger partial charge in [0.2, 0.25) is 0 Å². The molecule has 0 saturated carbocycles. The molecule has 3 aromatic heterocycles. The topological polar surface area (TPSA) is 94.2 Å². The Morgan fingerprint density at radius 3 is 2.50 bits per heavy atom. The lowest BCUT2D eigenvalue weighted by Crippen LogP contribution is -2.45. The zero-order valence-corrected chi connectivity index (χ0v) is 20.6. The molecule has 4 heterocycles. The molecule has 0 unspecified atom stereocenters. The third-order valence-electron chi connectivity index (χ3n) is 6.29. The Kier molecular flexibility index (Phi) is 7.15. The van der Waals surface area contributed by atoms with Gasteiger partial charge >= 0.3 is 0 Å². The highest BCUT2D eigenvalue weighted by molar-refractivity contribution is 5.57. The van der Waals surface area contributed by atoms with Crippen molar-refractivity contribution in [3.8, 4) is 28.4 Å². The molecule has 4 aromatic rings. The number of rotatable bonds is 8. The summed E-state index contributed by atoms with van der Waals surface area (Å²) >= 11 is 0. The second kappa shape index (κ2) is 10.8. The Hall–Kier alpha value is -3.89. The molecule has 0 atom stereocenters. The highest BCUT2D eigenvalue weighted by atomic mass is 16.5. The van der Waals surface area contributed by atoms with Crippen LogP contribution < -0.4 is 10.3 Å². The Morgan fingerprint density at radius 2 is 1.75 bits per heavy atom. The Balaban J connectivity index is 1.23. The number of nitrogens with zero attached hydrogens (tertiary/aromatic N) is 8. The van der Waals surface area contributed by atoms with Crippen molar-refractivity contribution in [3.05, 3.63) is 77.1 Å².